The zero-order valence-electron chi connectivity index (χ0n) is 17.4. The van der Waals surface area contributed by atoms with Crippen molar-refractivity contribution in [1.82, 2.24) is 10.2 Å². The van der Waals surface area contributed by atoms with Crippen LogP contribution < -0.4 is 5.32 Å². The molecule has 1 saturated heterocycles. The van der Waals surface area contributed by atoms with Crippen LogP contribution in [-0.4, -0.2) is 35.8 Å². The van der Waals surface area contributed by atoms with Gasteiger partial charge in [0.1, 0.15) is 11.6 Å². The molecule has 6 heteroatoms. The minimum Gasteiger partial charge on any atom is -0.353 e. The van der Waals surface area contributed by atoms with Crippen molar-refractivity contribution in [3.8, 4) is 0 Å². The monoisotopic (exact) mass is 404 g/mol. The first-order chi connectivity index (χ1) is 13.6. The maximum Gasteiger partial charge on any atom is 0.256 e. The highest BCUT2D eigenvalue weighted by atomic mass is 19.1. The van der Waals surface area contributed by atoms with Gasteiger partial charge in [-0.15, -0.1) is 0 Å². The average molecular weight is 405 g/mol. The van der Waals surface area contributed by atoms with Gasteiger partial charge in [-0.3, -0.25) is 9.59 Å². The van der Waals surface area contributed by atoms with E-state index >= 15 is 0 Å². The summed E-state index contributed by atoms with van der Waals surface area (Å²) in [6, 6.07) is 3.22. The summed E-state index contributed by atoms with van der Waals surface area (Å²) < 4.78 is 27.0. The Balaban J connectivity index is 1.34. The molecule has 1 N–H and O–H groups in total. The van der Waals surface area contributed by atoms with E-state index in [1.165, 1.54) is 12.5 Å². The molecule has 1 aromatic carbocycles. The molecular weight excluding hydrogens is 374 g/mol. The van der Waals surface area contributed by atoms with Crippen LogP contribution in [0, 0.1) is 34.3 Å². The van der Waals surface area contributed by atoms with E-state index < -0.39 is 17.5 Å². The number of nitrogens with zero attached hydrogens (tertiary/aromatic N) is 1. The molecule has 0 aromatic heterocycles. The van der Waals surface area contributed by atoms with Crippen molar-refractivity contribution in [2.45, 2.75) is 58.9 Å². The van der Waals surface area contributed by atoms with Gasteiger partial charge in [0, 0.05) is 31.1 Å². The van der Waals surface area contributed by atoms with Crippen molar-refractivity contribution in [2.24, 2.45) is 22.7 Å². The third-order valence-electron chi connectivity index (χ3n) is 8.43. The van der Waals surface area contributed by atoms with Crippen LogP contribution in [0.15, 0.2) is 18.2 Å². The van der Waals surface area contributed by atoms with Crippen molar-refractivity contribution in [2.75, 3.05) is 13.1 Å². The van der Waals surface area contributed by atoms with Crippen molar-refractivity contribution in [1.29, 1.82) is 0 Å². The van der Waals surface area contributed by atoms with E-state index in [0.717, 1.165) is 25.0 Å². The fourth-order valence-corrected chi connectivity index (χ4v) is 5.89. The Morgan fingerprint density at radius 2 is 1.79 bits per heavy atom. The molecule has 2 saturated carbocycles. The summed E-state index contributed by atoms with van der Waals surface area (Å²) in [4.78, 5) is 27.0. The molecule has 29 heavy (non-hydrogen) atoms. The van der Waals surface area contributed by atoms with Gasteiger partial charge in [-0.05, 0) is 61.0 Å². The normalized spacial score (nSPS) is 31.1. The van der Waals surface area contributed by atoms with E-state index in [0.29, 0.717) is 31.8 Å². The standard InChI is InChI=1S/C23H30F2N2O2/c1-22(2)15-6-9-23(22,3)19(12-15)26-20(28)14-7-10-27(11-8-14)21(29)17-5-4-16(24)13-18(17)25/h4-5,13-15,19H,6-12H2,1-3H3,(H,26,28). The summed E-state index contributed by atoms with van der Waals surface area (Å²) in [6.07, 6.45) is 4.59. The second-order valence-electron chi connectivity index (χ2n) is 9.86. The van der Waals surface area contributed by atoms with Crippen molar-refractivity contribution >= 4 is 11.8 Å². The number of halogens is 2. The smallest absolute Gasteiger partial charge is 0.256 e. The highest BCUT2D eigenvalue weighted by Crippen LogP contribution is 2.65. The van der Waals surface area contributed by atoms with Gasteiger partial charge in [-0.1, -0.05) is 20.8 Å². The number of carbonyl (C=O) groups is 2. The van der Waals surface area contributed by atoms with Crippen LogP contribution in [0.1, 0.15) is 63.2 Å². The topological polar surface area (TPSA) is 49.4 Å². The molecule has 3 atom stereocenters. The van der Waals surface area contributed by atoms with Crippen molar-refractivity contribution < 1.29 is 18.4 Å². The number of amides is 2. The first-order valence-corrected chi connectivity index (χ1v) is 10.7. The molecule has 2 bridgehead atoms. The summed E-state index contributed by atoms with van der Waals surface area (Å²) in [6.45, 7) is 7.78. The Morgan fingerprint density at radius 3 is 2.34 bits per heavy atom. The van der Waals surface area contributed by atoms with E-state index in [1.807, 2.05) is 0 Å². The maximum absolute atomic E-state index is 13.9. The van der Waals surface area contributed by atoms with E-state index in [-0.39, 0.29) is 34.3 Å². The van der Waals surface area contributed by atoms with Crippen LogP contribution in [0.3, 0.4) is 0 Å². The van der Waals surface area contributed by atoms with Crippen LogP contribution in [-0.2, 0) is 4.79 Å². The van der Waals surface area contributed by atoms with Crippen LogP contribution >= 0.6 is 0 Å². The minimum atomic E-state index is -0.845. The summed E-state index contributed by atoms with van der Waals surface area (Å²) in [5, 5.41) is 3.32. The first-order valence-electron chi connectivity index (χ1n) is 10.7. The fraction of sp³-hybridized carbons (Fsp3) is 0.652. The second-order valence-corrected chi connectivity index (χ2v) is 9.86. The van der Waals surface area contributed by atoms with E-state index in [9.17, 15) is 18.4 Å². The molecule has 0 radical (unpaired) electrons. The largest absolute Gasteiger partial charge is 0.353 e. The Labute approximate surface area is 171 Å². The Bertz CT molecular complexity index is 832. The molecule has 158 valence electrons. The van der Waals surface area contributed by atoms with Crippen LogP contribution in [0.5, 0.6) is 0 Å². The molecular formula is C23H30F2N2O2. The molecule has 1 heterocycles. The van der Waals surface area contributed by atoms with Crippen molar-refractivity contribution in [3.05, 3.63) is 35.4 Å². The second kappa shape index (κ2) is 7.06. The summed E-state index contributed by atoms with van der Waals surface area (Å²) in [7, 11) is 0. The molecule has 4 nitrogen and oxygen atoms in total. The Kier molecular flexibility index (Phi) is 4.94. The number of nitrogens with one attached hydrogen (secondary N) is 1. The van der Waals surface area contributed by atoms with Gasteiger partial charge in [0.15, 0.2) is 0 Å². The van der Waals surface area contributed by atoms with Gasteiger partial charge < -0.3 is 10.2 Å². The third-order valence-corrected chi connectivity index (χ3v) is 8.43. The molecule has 4 rings (SSSR count). The third kappa shape index (κ3) is 3.24. The number of fused-ring (bicyclic) bond motifs is 2. The lowest BCUT2D eigenvalue weighted by atomic mass is 9.69. The number of carbonyl (C=O) groups excluding carboxylic acids is 2. The zero-order chi connectivity index (χ0) is 21.0. The number of benzene rings is 1. The lowest BCUT2D eigenvalue weighted by Crippen LogP contribution is -2.50. The summed E-state index contributed by atoms with van der Waals surface area (Å²) in [5.41, 5.74) is 0.274. The van der Waals surface area contributed by atoms with Gasteiger partial charge in [0.2, 0.25) is 5.91 Å². The van der Waals surface area contributed by atoms with Crippen molar-refractivity contribution in [3.63, 3.8) is 0 Å². The molecule has 0 spiro atoms. The first kappa shape index (κ1) is 20.3. The quantitative estimate of drug-likeness (QED) is 0.823. The summed E-state index contributed by atoms with van der Waals surface area (Å²) >= 11 is 0. The van der Waals surface area contributed by atoms with E-state index in [1.54, 1.807) is 4.90 Å². The van der Waals surface area contributed by atoms with Gasteiger partial charge in [-0.25, -0.2) is 8.78 Å². The molecule has 1 aromatic rings. The molecule has 3 unspecified atom stereocenters. The molecule has 2 aliphatic carbocycles. The fourth-order valence-electron chi connectivity index (χ4n) is 5.89. The van der Waals surface area contributed by atoms with E-state index in [4.69, 9.17) is 0 Å². The number of rotatable bonds is 3. The maximum atomic E-state index is 13.9. The predicted molar refractivity (Wildman–Crippen MR) is 106 cm³/mol. The minimum absolute atomic E-state index is 0.0830. The number of piperidine rings is 1. The lowest BCUT2D eigenvalue weighted by molar-refractivity contribution is -0.128. The van der Waals surface area contributed by atoms with Crippen LogP contribution in [0.25, 0.3) is 0 Å². The van der Waals surface area contributed by atoms with Crippen LogP contribution in [0.2, 0.25) is 0 Å². The Morgan fingerprint density at radius 1 is 1.10 bits per heavy atom. The zero-order valence-corrected chi connectivity index (χ0v) is 17.4. The van der Waals surface area contributed by atoms with Gasteiger partial charge in [0.25, 0.3) is 5.91 Å². The van der Waals surface area contributed by atoms with Gasteiger partial charge in [0.05, 0.1) is 5.56 Å². The lowest BCUT2D eigenvalue weighted by Gasteiger charge is -2.40. The SMILES string of the molecule is CC1(C)C2CCC1(C)C(NC(=O)C1CCN(C(=O)c3ccc(F)cc3F)CC1)C2. The highest BCUT2D eigenvalue weighted by molar-refractivity contribution is 5.94. The predicted octanol–water partition coefficient (Wildman–Crippen LogP) is 4.15. The number of hydrogen-bond acceptors (Lipinski definition) is 2. The van der Waals surface area contributed by atoms with Gasteiger partial charge >= 0.3 is 0 Å². The number of hydrogen-bond donors (Lipinski definition) is 1. The molecule has 3 aliphatic rings. The Hall–Kier alpha value is -1.98. The number of likely N-dealkylation sites (tertiary alicyclic amines) is 1. The highest BCUT2D eigenvalue weighted by Gasteiger charge is 2.61. The van der Waals surface area contributed by atoms with Gasteiger partial charge in [-0.2, -0.15) is 0 Å². The average Bonchev–Trinajstić information content (AvgIpc) is 3.01. The summed E-state index contributed by atoms with van der Waals surface area (Å²) in [5.74, 6) is -1.36. The van der Waals surface area contributed by atoms with Crippen LogP contribution in [0.4, 0.5) is 8.78 Å². The molecule has 1 aliphatic heterocycles. The molecule has 2 amide bonds. The molecule has 3 fully saturated rings. The van der Waals surface area contributed by atoms with E-state index in [2.05, 4.69) is 26.1 Å².